The van der Waals surface area contributed by atoms with Gasteiger partial charge in [-0.15, -0.1) is 0 Å². The van der Waals surface area contributed by atoms with Gasteiger partial charge < -0.3 is 5.11 Å². The molecule has 0 bridgehead atoms. The van der Waals surface area contributed by atoms with Crippen LogP contribution >= 0.6 is 0 Å². The second kappa shape index (κ2) is 4.26. The first-order valence-corrected chi connectivity index (χ1v) is 4.05. The molecule has 1 unspecified atom stereocenters. The molecule has 0 aromatic carbocycles. The molecule has 0 fully saturated rings. The molecule has 12 heavy (non-hydrogen) atoms. The van der Waals surface area contributed by atoms with Crippen LogP contribution < -0.4 is 5.32 Å². The predicted molar refractivity (Wildman–Crippen MR) is 49.1 cm³/mol. The monoisotopic (exact) mass is 171 g/mol. The van der Waals surface area contributed by atoms with Crippen molar-refractivity contribution in [3.05, 3.63) is 12.2 Å². The van der Waals surface area contributed by atoms with Crippen LogP contribution in [0.25, 0.3) is 0 Å². The highest BCUT2D eigenvalue weighted by atomic mass is 16.4. The van der Waals surface area contributed by atoms with Gasteiger partial charge in [0.25, 0.3) is 0 Å². The molecule has 0 saturated carbocycles. The highest BCUT2D eigenvalue weighted by Crippen LogP contribution is 2.09. The van der Waals surface area contributed by atoms with Gasteiger partial charge in [0.05, 0.1) is 0 Å². The van der Waals surface area contributed by atoms with E-state index in [9.17, 15) is 4.79 Å². The summed E-state index contributed by atoms with van der Waals surface area (Å²) in [7, 11) is 0. The maximum absolute atomic E-state index is 10.8. The van der Waals surface area contributed by atoms with E-state index in [1.54, 1.807) is 6.92 Å². The van der Waals surface area contributed by atoms with E-state index in [1.165, 1.54) is 0 Å². The van der Waals surface area contributed by atoms with Crippen LogP contribution in [0.5, 0.6) is 0 Å². The molecule has 0 heterocycles. The van der Waals surface area contributed by atoms with Gasteiger partial charge >= 0.3 is 5.97 Å². The first-order valence-electron chi connectivity index (χ1n) is 4.05. The number of carboxylic acid groups (broad SMARTS) is 1. The van der Waals surface area contributed by atoms with Crippen molar-refractivity contribution >= 4 is 5.97 Å². The number of carboxylic acids is 1. The average molecular weight is 171 g/mol. The summed E-state index contributed by atoms with van der Waals surface area (Å²) < 4.78 is 0. The maximum atomic E-state index is 10.8. The summed E-state index contributed by atoms with van der Waals surface area (Å²) in [4.78, 5) is 10.8. The van der Waals surface area contributed by atoms with Crippen LogP contribution in [0, 0.1) is 0 Å². The van der Waals surface area contributed by atoms with Gasteiger partial charge in [-0.25, -0.2) is 0 Å². The van der Waals surface area contributed by atoms with Gasteiger partial charge in [0.1, 0.15) is 5.54 Å². The number of nitrogens with one attached hydrogen (secondary N) is 1. The minimum absolute atomic E-state index is 0.552. The minimum atomic E-state index is -0.820. The molecule has 0 amide bonds. The van der Waals surface area contributed by atoms with Crippen LogP contribution in [0.4, 0.5) is 0 Å². The van der Waals surface area contributed by atoms with Crippen LogP contribution in [0.2, 0.25) is 0 Å². The van der Waals surface area contributed by atoms with Crippen LogP contribution in [-0.4, -0.2) is 23.2 Å². The lowest BCUT2D eigenvalue weighted by molar-refractivity contribution is -0.144. The van der Waals surface area contributed by atoms with Gasteiger partial charge in [-0.1, -0.05) is 19.1 Å². The number of rotatable bonds is 5. The molecule has 0 aliphatic heterocycles. The van der Waals surface area contributed by atoms with E-state index in [2.05, 4.69) is 11.9 Å². The zero-order chi connectivity index (χ0) is 9.78. The minimum Gasteiger partial charge on any atom is -0.480 e. The van der Waals surface area contributed by atoms with Gasteiger partial charge in [-0.05, 0) is 20.3 Å². The molecule has 3 heteroatoms. The third kappa shape index (κ3) is 3.05. The Morgan fingerprint density at radius 2 is 2.17 bits per heavy atom. The molecular formula is C9H17NO2. The van der Waals surface area contributed by atoms with Crippen LogP contribution in [0.3, 0.4) is 0 Å². The van der Waals surface area contributed by atoms with E-state index in [-0.39, 0.29) is 0 Å². The molecule has 3 nitrogen and oxygen atoms in total. The van der Waals surface area contributed by atoms with E-state index in [0.29, 0.717) is 13.0 Å². The molecule has 0 aliphatic carbocycles. The number of hydrogen-bond donors (Lipinski definition) is 2. The Hall–Kier alpha value is -0.830. The molecule has 1 atom stereocenters. The Morgan fingerprint density at radius 1 is 1.67 bits per heavy atom. The van der Waals surface area contributed by atoms with Gasteiger partial charge in [0.15, 0.2) is 0 Å². The van der Waals surface area contributed by atoms with E-state index < -0.39 is 11.5 Å². The molecular weight excluding hydrogens is 154 g/mol. The first kappa shape index (κ1) is 11.2. The molecule has 2 N–H and O–H groups in total. The van der Waals surface area contributed by atoms with Crippen molar-refractivity contribution in [1.29, 1.82) is 0 Å². The summed E-state index contributed by atoms with van der Waals surface area (Å²) >= 11 is 0. The average Bonchev–Trinajstić information content (AvgIpc) is 1.99. The molecule has 0 aliphatic rings. The molecule has 70 valence electrons. The Morgan fingerprint density at radius 3 is 2.42 bits per heavy atom. The van der Waals surface area contributed by atoms with Crippen molar-refractivity contribution < 1.29 is 9.90 Å². The Balaban J connectivity index is 4.15. The fourth-order valence-corrected chi connectivity index (χ4v) is 0.698. The quantitative estimate of drug-likeness (QED) is 0.615. The van der Waals surface area contributed by atoms with Gasteiger partial charge in [-0.2, -0.15) is 0 Å². The number of carbonyl (C=O) groups is 1. The van der Waals surface area contributed by atoms with E-state index in [0.717, 1.165) is 5.57 Å². The van der Waals surface area contributed by atoms with Crippen LogP contribution in [0.1, 0.15) is 27.2 Å². The van der Waals surface area contributed by atoms with Gasteiger partial charge in [0.2, 0.25) is 0 Å². The molecule has 0 aromatic heterocycles. The smallest absolute Gasteiger partial charge is 0.323 e. The normalized spacial score (nSPS) is 15.2. The van der Waals surface area contributed by atoms with Crippen molar-refractivity contribution in [2.24, 2.45) is 0 Å². The molecule has 0 saturated heterocycles. The van der Waals surface area contributed by atoms with Gasteiger partial charge in [-0.3, -0.25) is 10.1 Å². The van der Waals surface area contributed by atoms with Crippen molar-refractivity contribution in [2.75, 3.05) is 6.54 Å². The largest absolute Gasteiger partial charge is 0.480 e. The third-order valence-corrected chi connectivity index (χ3v) is 1.96. The fraction of sp³-hybridized carbons (Fsp3) is 0.667. The summed E-state index contributed by atoms with van der Waals surface area (Å²) in [5.74, 6) is -0.814. The summed E-state index contributed by atoms with van der Waals surface area (Å²) in [5.41, 5.74) is 0.120. The second-order valence-electron chi connectivity index (χ2n) is 3.30. The summed E-state index contributed by atoms with van der Waals surface area (Å²) in [6.07, 6.45) is 0.565. The predicted octanol–water partition coefficient (Wildman–Crippen LogP) is 1.41. The highest BCUT2D eigenvalue weighted by Gasteiger charge is 2.29. The Bertz CT molecular complexity index is 189. The maximum Gasteiger partial charge on any atom is 0.323 e. The standard InChI is InChI=1S/C9H17NO2/c1-5-9(4,8(11)12)10-6-7(2)3/h10H,2,5-6H2,1,3-4H3,(H,11,12). The molecule has 0 aromatic rings. The second-order valence-corrected chi connectivity index (χ2v) is 3.30. The highest BCUT2D eigenvalue weighted by molar-refractivity contribution is 5.78. The topological polar surface area (TPSA) is 49.3 Å². The third-order valence-electron chi connectivity index (χ3n) is 1.96. The fourth-order valence-electron chi connectivity index (χ4n) is 0.698. The van der Waals surface area contributed by atoms with Gasteiger partial charge in [0, 0.05) is 6.54 Å². The lowest BCUT2D eigenvalue weighted by atomic mass is 9.99. The van der Waals surface area contributed by atoms with E-state index >= 15 is 0 Å². The van der Waals surface area contributed by atoms with Crippen LogP contribution in [-0.2, 0) is 4.79 Å². The summed E-state index contributed by atoms with van der Waals surface area (Å²) in [6, 6.07) is 0. The zero-order valence-corrected chi connectivity index (χ0v) is 7.98. The Kier molecular flexibility index (Phi) is 3.96. The van der Waals surface area contributed by atoms with Crippen LogP contribution in [0.15, 0.2) is 12.2 Å². The number of hydrogen-bond acceptors (Lipinski definition) is 2. The van der Waals surface area contributed by atoms with Crippen molar-refractivity contribution in [1.82, 2.24) is 5.32 Å². The summed E-state index contributed by atoms with van der Waals surface area (Å²) in [6.45, 7) is 9.64. The zero-order valence-electron chi connectivity index (χ0n) is 7.98. The van der Waals surface area contributed by atoms with E-state index in [1.807, 2.05) is 13.8 Å². The SMILES string of the molecule is C=C(C)CNC(C)(CC)C(=O)O. The molecule has 0 spiro atoms. The Labute approximate surface area is 73.5 Å². The summed E-state index contributed by atoms with van der Waals surface area (Å²) in [5, 5.41) is 11.8. The lowest BCUT2D eigenvalue weighted by Gasteiger charge is -2.24. The van der Waals surface area contributed by atoms with E-state index in [4.69, 9.17) is 5.11 Å². The van der Waals surface area contributed by atoms with Crippen molar-refractivity contribution in [3.63, 3.8) is 0 Å². The first-order chi connectivity index (χ1) is 5.42. The molecule has 0 radical (unpaired) electrons. The van der Waals surface area contributed by atoms with Crippen molar-refractivity contribution in [2.45, 2.75) is 32.7 Å². The molecule has 0 rings (SSSR count). The van der Waals surface area contributed by atoms with Crippen molar-refractivity contribution in [3.8, 4) is 0 Å². The number of aliphatic carboxylic acids is 1. The lowest BCUT2D eigenvalue weighted by Crippen LogP contribution is -2.49.